The third-order valence-electron chi connectivity index (χ3n) is 3.74. The Morgan fingerprint density at radius 1 is 1.11 bits per heavy atom. The quantitative estimate of drug-likeness (QED) is 0.662. The molecule has 0 radical (unpaired) electrons. The first-order valence-electron chi connectivity index (χ1n) is 7.66. The van der Waals surface area contributed by atoms with Gasteiger partial charge in [-0.1, -0.05) is 23.7 Å². The normalized spacial score (nSPS) is 11.3. The van der Waals surface area contributed by atoms with Gasteiger partial charge >= 0.3 is 6.18 Å². The molecule has 0 aliphatic heterocycles. The Morgan fingerprint density at radius 3 is 2.44 bits per heavy atom. The largest absolute Gasteiger partial charge is 0.497 e. The van der Waals surface area contributed by atoms with Crippen LogP contribution in [0.4, 0.5) is 24.7 Å². The van der Waals surface area contributed by atoms with E-state index < -0.39 is 22.3 Å². The van der Waals surface area contributed by atoms with E-state index in [1.54, 1.807) is 24.3 Å². The van der Waals surface area contributed by atoms with E-state index >= 15 is 0 Å². The molecule has 2 aromatic carbocycles. The summed E-state index contributed by atoms with van der Waals surface area (Å²) in [6.45, 7) is 0. The number of nitrogens with one attached hydrogen (secondary N) is 2. The van der Waals surface area contributed by atoms with Gasteiger partial charge in [0.15, 0.2) is 5.82 Å². The molecular weight excluding hydrogens is 383 g/mol. The summed E-state index contributed by atoms with van der Waals surface area (Å²) in [6, 6.07) is 11.5. The summed E-state index contributed by atoms with van der Waals surface area (Å²) in [7, 11) is 1.52. The first-order chi connectivity index (χ1) is 12.8. The summed E-state index contributed by atoms with van der Waals surface area (Å²) in [4.78, 5) is 11.7. The third-order valence-corrected chi connectivity index (χ3v) is 4.07. The van der Waals surface area contributed by atoms with Gasteiger partial charge in [-0.05, 0) is 35.9 Å². The molecule has 27 heavy (non-hydrogen) atoms. The van der Waals surface area contributed by atoms with Crippen LogP contribution in [0.5, 0.6) is 5.75 Å². The molecule has 1 heterocycles. The van der Waals surface area contributed by atoms with E-state index in [4.69, 9.17) is 16.3 Å². The molecule has 5 nitrogen and oxygen atoms in total. The fourth-order valence-corrected chi connectivity index (χ4v) is 2.67. The van der Waals surface area contributed by atoms with Crippen LogP contribution < -0.4 is 15.6 Å². The van der Waals surface area contributed by atoms with Crippen LogP contribution in [0.1, 0.15) is 5.56 Å². The van der Waals surface area contributed by atoms with Crippen molar-refractivity contribution in [1.29, 1.82) is 0 Å². The number of ether oxygens (including phenoxy) is 1. The fraction of sp³-hybridized carbons (Fsp3) is 0.111. The molecule has 9 heteroatoms. The van der Waals surface area contributed by atoms with Crippen LogP contribution in [0.2, 0.25) is 5.02 Å². The smallest absolute Gasteiger partial charge is 0.417 e. The molecule has 0 amide bonds. The first kappa shape index (κ1) is 18.8. The Kier molecular flexibility index (Phi) is 5.09. The average molecular weight is 396 g/mol. The summed E-state index contributed by atoms with van der Waals surface area (Å²) in [5.74, 6) is 0.814. The van der Waals surface area contributed by atoms with E-state index in [0.717, 1.165) is 12.1 Å². The highest BCUT2D eigenvalue weighted by Crippen LogP contribution is 2.37. The highest BCUT2D eigenvalue weighted by Gasteiger charge is 2.33. The highest BCUT2D eigenvalue weighted by atomic mass is 35.5. The molecule has 140 valence electrons. The van der Waals surface area contributed by atoms with E-state index in [1.165, 1.54) is 19.2 Å². The molecular formula is C18H13ClF3N3O2. The predicted molar refractivity (Wildman–Crippen MR) is 96.6 cm³/mol. The molecule has 0 saturated heterocycles. The molecule has 3 rings (SSSR count). The molecule has 0 aliphatic carbocycles. The Balaban J connectivity index is 2.02. The number of hydrogen-bond donors (Lipinski definition) is 2. The number of methoxy groups -OCH3 is 1. The van der Waals surface area contributed by atoms with Crippen molar-refractivity contribution in [3.63, 3.8) is 0 Å². The molecule has 0 bridgehead atoms. The Hall–Kier alpha value is -3.00. The first-order valence-corrected chi connectivity index (χ1v) is 8.03. The van der Waals surface area contributed by atoms with E-state index in [2.05, 4.69) is 15.5 Å². The van der Waals surface area contributed by atoms with Crippen molar-refractivity contribution in [2.24, 2.45) is 0 Å². The number of benzene rings is 2. The summed E-state index contributed by atoms with van der Waals surface area (Å²) in [6.07, 6.45) is -4.59. The van der Waals surface area contributed by atoms with E-state index in [9.17, 15) is 18.0 Å². The standard InChI is InChI=1S/C18H13ClF3N3O2/c1-27-12-5-2-10(3-6-12)13-9-16(26)24-25-17(13)23-11-4-7-15(19)14(8-11)18(20,21)22/h2-9H,1H3,(H,23,25)(H,24,26). The van der Waals surface area contributed by atoms with Gasteiger partial charge in [0.2, 0.25) is 0 Å². The topological polar surface area (TPSA) is 67.0 Å². The Bertz CT molecular complexity index is 1020. The van der Waals surface area contributed by atoms with Crippen LogP contribution in [0.15, 0.2) is 53.3 Å². The molecule has 0 spiro atoms. The lowest BCUT2D eigenvalue weighted by Gasteiger charge is -2.14. The lowest BCUT2D eigenvalue weighted by atomic mass is 10.1. The van der Waals surface area contributed by atoms with Crippen molar-refractivity contribution in [3.8, 4) is 16.9 Å². The molecule has 2 N–H and O–H groups in total. The lowest BCUT2D eigenvalue weighted by Crippen LogP contribution is -2.11. The van der Waals surface area contributed by atoms with Crippen molar-refractivity contribution in [3.05, 3.63) is 69.5 Å². The molecule has 0 fully saturated rings. The molecule has 0 unspecified atom stereocenters. The minimum absolute atomic E-state index is 0.126. The number of alkyl halides is 3. The van der Waals surface area contributed by atoms with Gasteiger partial charge in [0.25, 0.3) is 5.56 Å². The number of anilines is 2. The molecule has 0 atom stereocenters. The molecule has 1 aromatic heterocycles. The van der Waals surface area contributed by atoms with Gasteiger partial charge in [-0.25, -0.2) is 5.10 Å². The second kappa shape index (κ2) is 7.32. The number of hydrogen-bond acceptors (Lipinski definition) is 4. The predicted octanol–water partition coefficient (Wildman–Crippen LogP) is 4.86. The second-order valence-corrected chi connectivity index (χ2v) is 5.95. The van der Waals surface area contributed by atoms with Crippen LogP contribution in [0.25, 0.3) is 11.1 Å². The summed E-state index contributed by atoms with van der Waals surface area (Å²) in [5, 5.41) is 8.57. The van der Waals surface area contributed by atoms with Crippen LogP contribution in [-0.4, -0.2) is 17.3 Å². The van der Waals surface area contributed by atoms with Gasteiger partial charge in [-0.15, -0.1) is 0 Å². The summed E-state index contributed by atoms with van der Waals surface area (Å²) < 4.78 is 44.2. The number of halogens is 4. The molecule has 0 saturated carbocycles. The lowest BCUT2D eigenvalue weighted by molar-refractivity contribution is -0.137. The van der Waals surface area contributed by atoms with Gasteiger partial charge in [-0.3, -0.25) is 4.79 Å². The maximum Gasteiger partial charge on any atom is 0.417 e. The monoisotopic (exact) mass is 395 g/mol. The zero-order chi connectivity index (χ0) is 19.6. The number of nitrogens with zero attached hydrogens (tertiary/aromatic N) is 1. The summed E-state index contributed by atoms with van der Waals surface area (Å²) >= 11 is 5.64. The van der Waals surface area contributed by atoms with Crippen molar-refractivity contribution in [2.45, 2.75) is 6.18 Å². The van der Waals surface area contributed by atoms with Crippen molar-refractivity contribution < 1.29 is 17.9 Å². The maximum atomic E-state index is 13.0. The van der Waals surface area contributed by atoms with Gasteiger partial charge in [0.1, 0.15) is 5.75 Å². The van der Waals surface area contributed by atoms with Crippen molar-refractivity contribution in [2.75, 3.05) is 12.4 Å². The number of aromatic amines is 1. The number of H-pyrrole nitrogens is 1. The van der Waals surface area contributed by atoms with E-state index in [1.807, 2.05) is 0 Å². The minimum atomic E-state index is -4.59. The SMILES string of the molecule is COc1ccc(-c2cc(=O)[nH]nc2Nc2ccc(Cl)c(C(F)(F)F)c2)cc1. The van der Waals surface area contributed by atoms with Crippen molar-refractivity contribution in [1.82, 2.24) is 10.2 Å². The fourth-order valence-electron chi connectivity index (χ4n) is 2.45. The Labute approximate surface area is 156 Å². The van der Waals surface area contributed by atoms with Crippen LogP contribution in [0, 0.1) is 0 Å². The van der Waals surface area contributed by atoms with Crippen molar-refractivity contribution >= 4 is 23.1 Å². The van der Waals surface area contributed by atoms with Gasteiger partial charge in [0.05, 0.1) is 17.7 Å². The zero-order valence-electron chi connectivity index (χ0n) is 13.9. The number of aromatic nitrogens is 2. The number of rotatable bonds is 4. The molecule has 3 aromatic rings. The van der Waals surface area contributed by atoms with Gasteiger partial charge in [-0.2, -0.15) is 18.3 Å². The van der Waals surface area contributed by atoms with Crippen LogP contribution in [-0.2, 0) is 6.18 Å². The highest BCUT2D eigenvalue weighted by molar-refractivity contribution is 6.31. The average Bonchev–Trinajstić information content (AvgIpc) is 2.64. The second-order valence-electron chi connectivity index (χ2n) is 5.54. The minimum Gasteiger partial charge on any atom is -0.497 e. The third kappa shape index (κ3) is 4.22. The van der Waals surface area contributed by atoms with Crippen LogP contribution in [0.3, 0.4) is 0 Å². The summed E-state index contributed by atoms with van der Waals surface area (Å²) in [5.41, 5.74) is -0.226. The van der Waals surface area contributed by atoms with Gasteiger partial charge < -0.3 is 10.1 Å². The maximum absolute atomic E-state index is 13.0. The van der Waals surface area contributed by atoms with E-state index in [0.29, 0.717) is 16.9 Å². The Morgan fingerprint density at radius 2 is 1.81 bits per heavy atom. The van der Waals surface area contributed by atoms with E-state index in [-0.39, 0.29) is 11.5 Å². The zero-order valence-corrected chi connectivity index (χ0v) is 14.7. The molecule has 0 aliphatic rings. The van der Waals surface area contributed by atoms with Gasteiger partial charge in [0, 0.05) is 17.3 Å². The van der Waals surface area contributed by atoms with Crippen LogP contribution >= 0.6 is 11.6 Å².